The molecule has 4 nitrogen and oxygen atoms in total. The highest BCUT2D eigenvalue weighted by Crippen LogP contribution is 2.63. The second kappa shape index (κ2) is 3.21. The zero-order valence-electron chi connectivity index (χ0n) is 11.3. The average molecular weight is 251 g/mol. The Morgan fingerprint density at radius 2 is 1.67 bits per heavy atom. The van der Waals surface area contributed by atoms with Crippen LogP contribution in [0.25, 0.3) is 0 Å². The topological polar surface area (TPSA) is 42.1 Å². The molecule has 100 valence electrons. The van der Waals surface area contributed by atoms with E-state index in [1.54, 1.807) is 0 Å². The maximum atomic E-state index is 12.1. The normalized spacial score (nSPS) is 48.1. The molecule has 4 rings (SSSR count). The number of carbonyl (C=O) groups is 1. The summed E-state index contributed by atoms with van der Waals surface area (Å²) in [7, 11) is 0. The van der Waals surface area contributed by atoms with Crippen molar-refractivity contribution in [2.45, 2.75) is 45.0 Å². The molecule has 2 aliphatic carbocycles. The van der Waals surface area contributed by atoms with Crippen LogP contribution in [0.4, 0.5) is 4.79 Å². The fourth-order valence-electron chi connectivity index (χ4n) is 4.48. The number of hydrogen-bond donors (Lipinski definition) is 0. The van der Waals surface area contributed by atoms with Crippen molar-refractivity contribution in [1.82, 2.24) is 4.90 Å². The zero-order valence-corrected chi connectivity index (χ0v) is 11.3. The lowest BCUT2D eigenvalue weighted by Crippen LogP contribution is -2.36. The van der Waals surface area contributed by atoms with Gasteiger partial charge < -0.3 is 14.4 Å². The molecule has 0 unspecified atom stereocenters. The molecule has 4 heteroatoms. The predicted molar refractivity (Wildman–Crippen MR) is 65.0 cm³/mol. The second-order valence-electron chi connectivity index (χ2n) is 7.34. The molecule has 2 aliphatic heterocycles. The smallest absolute Gasteiger partial charge is 0.410 e. The van der Waals surface area contributed by atoms with Crippen LogP contribution in [0.5, 0.6) is 0 Å². The molecule has 0 N–H and O–H groups in total. The van der Waals surface area contributed by atoms with E-state index in [1.165, 1.54) is 6.42 Å². The van der Waals surface area contributed by atoms with E-state index in [0.29, 0.717) is 24.0 Å². The molecule has 2 saturated heterocycles. The van der Waals surface area contributed by atoms with Crippen LogP contribution in [0, 0.1) is 23.7 Å². The van der Waals surface area contributed by atoms with Gasteiger partial charge in [-0.1, -0.05) is 0 Å². The molecule has 18 heavy (non-hydrogen) atoms. The number of hydrogen-bond acceptors (Lipinski definition) is 3. The molecule has 4 aliphatic rings. The molecule has 0 radical (unpaired) electrons. The summed E-state index contributed by atoms with van der Waals surface area (Å²) < 4.78 is 11.2. The van der Waals surface area contributed by atoms with Crippen molar-refractivity contribution >= 4 is 6.09 Å². The first-order valence-corrected chi connectivity index (χ1v) is 7.07. The Morgan fingerprint density at radius 1 is 1.11 bits per heavy atom. The third kappa shape index (κ3) is 1.44. The summed E-state index contributed by atoms with van der Waals surface area (Å²) in [5.41, 5.74) is -0.390. The number of fused-ring (bicyclic) bond motifs is 8. The van der Waals surface area contributed by atoms with Crippen molar-refractivity contribution in [2.75, 3.05) is 13.1 Å². The van der Waals surface area contributed by atoms with Crippen LogP contribution < -0.4 is 0 Å². The summed E-state index contributed by atoms with van der Waals surface area (Å²) in [6.07, 6.45) is 2.28. The van der Waals surface area contributed by atoms with Crippen molar-refractivity contribution in [3.8, 4) is 0 Å². The highest BCUT2D eigenvalue weighted by molar-refractivity contribution is 5.68. The lowest BCUT2D eigenvalue weighted by molar-refractivity contribution is 0.0268. The minimum absolute atomic E-state index is 0.133. The standard InChI is InChI=1S/C14H21NO3/c1-14(2,3)18-13(16)15-5-9-7-4-8(10(9)6-15)12-11(7)17-12/h7-12H,4-6H2,1-3H3/t7-,8-,9-,10+,11+,12-/m1/s1. The number of ether oxygens (including phenoxy) is 2. The van der Waals surface area contributed by atoms with Gasteiger partial charge in [0.2, 0.25) is 0 Å². The highest BCUT2D eigenvalue weighted by Gasteiger charge is 2.69. The van der Waals surface area contributed by atoms with Gasteiger partial charge in [-0.3, -0.25) is 0 Å². The summed E-state index contributed by atoms with van der Waals surface area (Å²) in [6, 6.07) is 0. The Kier molecular flexibility index (Phi) is 1.98. The third-order valence-corrected chi connectivity index (χ3v) is 5.11. The van der Waals surface area contributed by atoms with Gasteiger partial charge in [0.1, 0.15) is 5.60 Å². The summed E-state index contributed by atoms with van der Waals surface area (Å²) in [5.74, 6) is 2.78. The number of carbonyl (C=O) groups excluding carboxylic acids is 1. The maximum Gasteiger partial charge on any atom is 0.410 e. The molecule has 6 atom stereocenters. The molecule has 0 aromatic heterocycles. The number of epoxide rings is 1. The minimum Gasteiger partial charge on any atom is -0.444 e. The van der Waals surface area contributed by atoms with E-state index in [-0.39, 0.29) is 11.7 Å². The van der Waals surface area contributed by atoms with E-state index < -0.39 is 0 Å². The van der Waals surface area contributed by atoms with Crippen LogP contribution in [-0.4, -0.2) is 41.9 Å². The van der Waals surface area contributed by atoms with Gasteiger partial charge in [-0.05, 0) is 50.9 Å². The molecular formula is C14H21NO3. The first-order valence-electron chi connectivity index (χ1n) is 7.07. The first kappa shape index (κ1) is 11.1. The number of nitrogens with zero attached hydrogens (tertiary/aromatic N) is 1. The molecule has 4 fully saturated rings. The van der Waals surface area contributed by atoms with Crippen LogP contribution in [0.2, 0.25) is 0 Å². The van der Waals surface area contributed by atoms with Crippen molar-refractivity contribution in [3.63, 3.8) is 0 Å². The van der Waals surface area contributed by atoms with Crippen molar-refractivity contribution in [3.05, 3.63) is 0 Å². The summed E-state index contributed by atoms with van der Waals surface area (Å²) in [6.45, 7) is 7.54. The van der Waals surface area contributed by atoms with Crippen LogP contribution in [0.1, 0.15) is 27.2 Å². The highest BCUT2D eigenvalue weighted by atomic mass is 16.6. The van der Waals surface area contributed by atoms with Gasteiger partial charge in [-0.15, -0.1) is 0 Å². The molecule has 2 saturated carbocycles. The summed E-state index contributed by atoms with van der Waals surface area (Å²) in [5, 5.41) is 0. The maximum absolute atomic E-state index is 12.1. The van der Waals surface area contributed by atoms with E-state index in [4.69, 9.17) is 9.47 Å². The quantitative estimate of drug-likeness (QED) is 0.617. The second-order valence-corrected chi connectivity index (χ2v) is 7.34. The fourth-order valence-corrected chi connectivity index (χ4v) is 4.48. The predicted octanol–water partition coefficient (Wildman–Crippen LogP) is 1.89. The van der Waals surface area contributed by atoms with Crippen LogP contribution in [0.3, 0.4) is 0 Å². The summed E-state index contributed by atoms with van der Waals surface area (Å²) in [4.78, 5) is 14.0. The Balaban J connectivity index is 1.45. The Hall–Kier alpha value is -0.770. The minimum atomic E-state index is -0.390. The van der Waals surface area contributed by atoms with Crippen molar-refractivity contribution in [2.24, 2.45) is 23.7 Å². The van der Waals surface area contributed by atoms with Gasteiger partial charge in [0.05, 0.1) is 12.2 Å². The van der Waals surface area contributed by atoms with Crippen LogP contribution in [-0.2, 0) is 9.47 Å². The lowest BCUT2D eigenvalue weighted by atomic mass is 9.82. The van der Waals surface area contributed by atoms with Gasteiger partial charge in [0.25, 0.3) is 0 Å². The molecule has 0 spiro atoms. The zero-order chi connectivity index (χ0) is 12.7. The Morgan fingerprint density at radius 3 is 2.17 bits per heavy atom. The molecule has 0 aromatic rings. The van der Waals surface area contributed by atoms with E-state index >= 15 is 0 Å². The lowest BCUT2D eigenvalue weighted by Gasteiger charge is -2.25. The Bertz CT molecular complexity index is 380. The fraction of sp³-hybridized carbons (Fsp3) is 0.929. The van der Waals surface area contributed by atoms with Gasteiger partial charge in [0.15, 0.2) is 0 Å². The molecule has 0 aromatic carbocycles. The van der Waals surface area contributed by atoms with Gasteiger partial charge in [-0.2, -0.15) is 0 Å². The summed E-state index contributed by atoms with van der Waals surface area (Å²) >= 11 is 0. The SMILES string of the molecule is CC(C)(C)OC(=O)N1C[C@@H]2[C@H](C1)[C@H]1C[C@H]2[C@H]2O[C@@H]12. The van der Waals surface area contributed by atoms with E-state index in [1.807, 2.05) is 25.7 Å². The van der Waals surface area contributed by atoms with Crippen molar-refractivity contribution < 1.29 is 14.3 Å². The van der Waals surface area contributed by atoms with E-state index in [9.17, 15) is 4.79 Å². The van der Waals surface area contributed by atoms with E-state index in [0.717, 1.165) is 24.9 Å². The van der Waals surface area contributed by atoms with Gasteiger partial charge in [0, 0.05) is 13.1 Å². The van der Waals surface area contributed by atoms with E-state index in [2.05, 4.69) is 0 Å². The monoisotopic (exact) mass is 251 g/mol. The van der Waals surface area contributed by atoms with Crippen LogP contribution >= 0.6 is 0 Å². The largest absolute Gasteiger partial charge is 0.444 e. The number of likely N-dealkylation sites (tertiary alicyclic amines) is 1. The molecular weight excluding hydrogens is 230 g/mol. The van der Waals surface area contributed by atoms with Gasteiger partial charge in [-0.25, -0.2) is 4.79 Å². The third-order valence-electron chi connectivity index (χ3n) is 5.11. The number of amides is 1. The molecule has 2 bridgehead atoms. The van der Waals surface area contributed by atoms with Gasteiger partial charge >= 0.3 is 6.09 Å². The number of rotatable bonds is 0. The van der Waals surface area contributed by atoms with Crippen LogP contribution in [0.15, 0.2) is 0 Å². The van der Waals surface area contributed by atoms with Crippen molar-refractivity contribution in [1.29, 1.82) is 0 Å². The average Bonchev–Trinajstić information content (AvgIpc) is 2.68. The molecule has 2 heterocycles. The first-order chi connectivity index (χ1) is 8.44. The Labute approximate surface area is 108 Å². The molecule has 1 amide bonds.